The first-order chi connectivity index (χ1) is 13.1. The lowest BCUT2D eigenvalue weighted by Crippen LogP contribution is -2.02. The zero-order chi connectivity index (χ0) is 18.5. The number of rotatable bonds is 5. The summed E-state index contributed by atoms with van der Waals surface area (Å²) in [5, 5.41) is 5.24. The molecule has 1 aliphatic carbocycles. The maximum atomic E-state index is 12.8. The molecule has 140 valence electrons. The lowest BCUT2D eigenvalue weighted by atomic mass is 10.0. The SMILES string of the molecule is COc1cc(-c2ccc(OC(F)F)c3nn(C4CC4)cc23)cc2c1OCO2. The number of alkyl halides is 2. The first-order valence-corrected chi connectivity index (χ1v) is 8.58. The molecule has 5 rings (SSSR count). The Kier molecular flexibility index (Phi) is 3.60. The van der Waals surface area contributed by atoms with E-state index in [1.54, 1.807) is 13.2 Å². The van der Waals surface area contributed by atoms with Crippen molar-refractivity contribution in [3.05, 3.63) is 30.5 Å². The van der Waals surface area contributed by atoms with Crippen LogP contribution in [0.2, 0.25) is 0 Å². The zero-order valence-corrected chi connectivity index (χ0v) is 14.4. The van der Waals surface area contributed by atoms with Crippen LogP contribution in [0.4, 0.5) is 8.78 Å². The number of ether oxygens (including phenoxy) is 4. The Morgan fingerprint density at radius 1 is 1.19 bits per heavy atom. The second-order valence-electron chi connectivity index (χ2n) is 6.50. The third-order valence-electron chi connectivity index (χ3n) is 4.76. The highest BCUT2D eigenvalue weighted by atomic mass is 19.3. The van der Waals surface area contributed by atoms with Crippen LogP contribution in [0.3, 0.4) is 0 Å². The van der Waals surface area contributed by atoms with E-state index in [-0.39, 0.29) is 12.5 Å². The van der Waals surface area contributed by atoms with Gasteiger partial charge in [0.25, 0.3) is 0 Å². The van der Waals surface area contributed by atoms with Gasteiger partial charge in [-0.1, -0.05) is 0 Å². The van der Waals surface area contributed by atoms with E-state index >= 15 is 0 Å². The van der Waals surface area contributed by atoms with Crippen molar-refractivity contribution in [2.75, 3.05) is 13.9 Å². The van der Waals surface area contributed by atoms with Gasteiger partial charge in [-0.05, 0) is 48.2 Å². The summed E-state index contributed by atoms with van der Waals surface area (Å²) in [6.07, 6.45) is 3.95. The minimum absolute atomic E-state index is 0.0656. The summed E-state index contributed by atoms with van der Waals surface area (Å²) in [5.41, 5.74) is 2.06. The molecule has 6 nitrogen and oxygen atoms in total. The van der Waals surface area contributed by atoms with Crippen LogP contribution in [0.25, 0.3) is 22.0 Å². The number of hydrogen-bond acceptors (Lipinski definition) is 5. The topological polar surface area (TPSA) is 54.7 Å². The van der Waals surface area contributed by atoms with Crippen LogP contribution in [-0.2, 0) is 0 Å². The predicted octanol–water partition coefficient (Wildman–Crippen LogP) is 4.38. The van der Waals surface area contributed by atoms with Crippen LogP contribution >= 0.6 is 0 Å². The first kappa shape index (κ1) is 16.2. The summed E-state index contributed by atoms with van der Waals surface area (Å²) < 4.78 is 48.4. The fourth-order valence-electron chi connectivity index (χ4n) is 3.35. The molecule has 1 saturated carbocycles. The predicted molar refractivity (Wildman–Crippen MR) is 92.7 cm³/mol. The number of halogens is 2. The van der Waals surface area contributed by atoms with Gasteiger partial charge in [-0.15, -0.1) is 0 Å². The lowest BCUT2D eigenvalue weighted by Gasteiger charge is -2.11. The van der Waals surface area contributed by atoms with Gasteiger partial charge in [0.1, 0.15) is 5.52 Å². The number of benzene rings is 2. The first-order valence-electron chi connectivity index (χ1n) is 8.58. The van der Waals surface area contributed by atoms with E-state index < -0.39 is 6.61 Å². The second kappa shape index (κ2) is 6.00. The molecule has 27 heavy (non-hydrogen) atoms. The van der Waals surface area contributed by atoms with E-state index in [9.17, 15) is 8.78 Å². The molecule has 2 aliphatic rings. The maximum Gasteiger partial charge on any atom is 0.387 e. The maximum absolute atomic E-state index is 12.8. The van der Waals surface area contributed by atoms with Gasteiger partial charge in [-0.2, -0.15) is 13.9 Å². The summed E-state index contributed by atoms with van der Waals surface area (Å²) in [6, 6.07) is 7.27. The summed E-state index contributed by atoms with van der Waals surface area (Å²) in [4.78, 5) is 0. The summed E-state index contributed by atoms with van der Waals surface area (Å²) >= 11 is 0. The molecule has 0 N–H and O–H groups in total. The lowest BCUT2D eigenvalue weighted by molar-refractivity contribution is -0.0489. The van der Waals surface area contributed by atoms with Crippen molar-refractivity contribution in [2.45, 2.75) is 25.5 Å². The molecule has 0 unspecified atom stereocenters. The molecule has 0 spiro atoms. The van der Waals surface area contributed by atoms with Crippen LogP contribution in [0.1, 0.15) is 18.9 Å². The number of methoxy groups -OCH3 is 1. The molecule has 0 bridgehead atoms. The van der Waals surface area contributed by atoms with Crippen molar-refractivity contribution in [1.29, 1.82) is 0 Å². The summed E-state index contributed by atoms with van der Waals surface area (Å²) in [5.74, 6) is 1.76. The summed E-state index contributed by atoms with van der Waals surface area (Å²) in [6.45, 7) is -2.78. The molecule has 1 fully saturated rings. The van der Waals surface area contributed by atoms with Crippen molar-refractivity contribution in [3.63, 3.8) is 0 Å². The van der Waals surface area contributed by atoms with Crippen LogP contribution in [0.15, 0.2) is 30.5 Å². The fraction of sp³-hybridized carbons (Fsp3) is 0.316. The van der Waals surface area contributed by atoms with Gasteiger partial charge < -0.3 is 18.9 Å². The standard InChI is InChI=1S/C19H16F2N2O4/c1-24-15-6-10(7-16-18(15)26-9-25-16)12-4-5-14(27-19(20)21)17-13(12)8-23(22-17)11-2-3-11/h4-8,11,19H,2-3,9H2,1H3. The average Bonchev–Trinajstić information content (AvgIpc) is 3.22. The number of hydrogen-bond donors (Lipinski definition) is 0. The van der Waals surface area contributed by atoms with Gasteiger partial charge >= 0.3 is 6.61 Å². The fourth-order valence-corrected chi connectivity index (χ4v) is 3.35. The Hall–Kier alpha value is -3.03. The molecule has 0 atom stereocenters. The molecule has 2 aromatic carbocycles. The van der Waals surface area contributed by atoms with Gasteiger partial charge in [-0.3, -0.25) is 4.68 Å². The monoisotopic (exact) mass is 374 g/mol. The van der Waals surface area contributed by atoms with Crippen LogP contribution in [0, 0.1) is 0 Å². The Morgan fingerprint density at radius 2 is 2.04 bits per heavy atom. The number of aromatic nitrogens is 2. The normalized spacial score (nSPS) is 15.6. The van der Waals surface area contributed by atoms with E-state index in [0.717, 1.165) is 29.4 Å². The Morgan fingerprint density at radius 3 is 2.78 bits per heavy atom. The molecule has 8 heteroatoms. The Balaban J connectivity index is 1.69. The van der Waals surface area contributed by atoms with Gasteiger partial charge in [0.2, 0.25) is 12.5 Å². The Labute approximate surface area is 153 Å². The van der Waals surface area contributed by atoms with Crippen molar-refractivity contribution in [1.82, 2.24) is 9.78 Å². The third kappa shape index (κ3) is 2.72. The summed E-state index contributed by atoms with van der Waals surface area (Å²) in [7, 11) is 1.56. The largest absolute Gasteiger partial charge is 0.493 e. The Bertz CT molecular complexity index is 1030. The number of nitrogens with zero attached hydrogens (tertiary/aromatic N) is 2. The molecule has 1 aliphatic heterocycles. The van der Waals surface area contributed by atoms with Gasteiger partial charge in [0.05, 0.1) is 13.2 Å². The van der Waals surface area contributed by atoms with E-state index in [4.69, 9.17) is 14.2 Å². The average molecular weight is 374 g/mol. The number of fused-ring (bicyclic) bond motifs is 2. The highest BCUT2D eigenvalue weighted by Gasteiger charge is 2.27. The minimum Gasteiger partial charge on any atom is -0.493 e. The highest BCUT2D eigenvalue weighted by Crippen LogP contribution is 2.46. The molecule has 0 radical (unpaired) electrons. The van der Waals surface area contributed by atoms with Gasteiger partial charge in [0, 0.05) is 11.6 Å². The van der Waals surface area contributed by atoms with E-state index in [1.807, 2.05) is 23.0 Å². The van der Waals surface area contributed by atoms with E-state index in [2.05, 4.69) is 9.84 Å². The molecular weight excluding hydrogens is 358 g/mol. The van der Waals surface area contributed by atoms with Crippen LogP contribution in [0.5, 0.6) is 23.0 Å². The van der Waals surface area contributed by atoms with E-state index in [1.165, 1.54) is 6.07 Å². The molecule has 0 saturated heterocycles. The smallest absolute Gasteiger partial charge is 0.387 e. The van der Waals surface area contributed by atoms with E-state index in [0.29, 0.717) is 28.8 Å². The minimum atomic E-state index is -2.91. The molecule has 3 aromatic rings. The van der Waals surface area contributed by atoms with Crippen LogP contribution in [-0.4, -0.2) is 30.3 Å². The molecule has 0 amide bonds. The quantitative estimate of drug-likeness (QED) is 0.664. The molecule has 2 heterocycles. The molecular formula is C19H16F2N2O4. The van der Waals surface area contributed by atoms with Crippen molar-refractivity contribution in [3.8, 4) is 34.1 Å². The van der Waals surface area contributed by atoms with Crippen LogP contribution < -0.4 is 18.9 Å². The third-order valence-corrected chi connectivity index (χ3v) is 4.76. The van der Waals surface area contributed by atoms with Crippen molar-refractivity contribution >= 4 is 10.9 Å². The second-order valence-corrected chi connectivity index (χ2v) is 6.50. The van der Waals surface area contributed by atoms with Gasteiger partial charge in [0.15, 0.2) is 17.2 Å². The van der Waals surface area contributed by atoms with Crippen molar-refractivity contribution in [2.24, 2.45) is 0 Å². The molecule has 1 aromatic heterocycles. The van der Waals surface area contributed by atoms with Gasteiger partial charge in [-0.25, -0.2) is 0 Å². The zero-order valence-electron chi connectivity index (χ0n) is 14.4. The highest BCUT2D eigenvalue weighted by molar-refractivity contribution is 5.98. The van der Waals surface area contributed by atoms with Crippen molar-refractivity contribution < 1.29 is 27.7 Å².